The molecule has 5 nitrogen and oxygen atoms in total. The summed E-state index contributed by atoms with van der Waals surface area (Å²) in [6, 6.07) is 14.5. The largest absolute Gasteiger partial charge is 0.491 e. The van der Waals surface area contributed by atoms with Crippen LogP contribution in [-0.4, -0.2) is 72.4 Å². The van der Waals surface area contributed by atoms with E-state index in [1.54, 1.807) is 0 Å². The molecule has 2 N–H and O–H groups in total. The summed E-state index contributed by atoms with van der Waals surface area (Å²) in [4.78, 5) is 8.29. The molecular formula is C26H32ClN3O2. The van der Waals surface area contributed by atoms with Crippen LogP contribution < -0.4 is 4.74 Å². The van der Waals surface area contributed by atoms with Gasteiger partial charge in [-0.2, -0.15) is 0 Å². The van der Waals surface area contributed by atoms with Gasteiger partial charge in [-0.25, -0.2) is 0 Å². The molecule has 2 unspecified atom stereocenters. The minimum absolute atomic E-state index is 0.321. The van der Waals surface area contributed by atoms with E-state index < -0.39 is 6.10 Å². The summed E-state index contributed by atoms with van der Waals surface area (Å²) in [6.07, 6.45) is 2.93. The first kappa shape index (κ1) is 21.8. The van der Waals surface area contributed by atoms with Crippen LogP contribution in [0, 0.1) is 0 Å². The highest BCUT2D eigenvalue weighted by Gasteiger charge is 2.25. The molecule has 1 aromatic heterocycles. The number of benzene rings is 2. The number of ether oxygens (including phenoxy) is 1. The summed E-state index contributed by atoms with van der Waals surface area (Å²) < 4.78 is 5.89. The molecule has 0 amide bonds. The lowest BCUT2D eigenvalue weighted by Gasteiger charge is -2.33. The predicted molar refractivity (Wildman–Crippen MR) is 130 cm³/mol. The van der Waals surface area contributed by atoms with E-state index in [9.17, 15) is 5.11 Å². The van der Waals surface area contributed by atoms with E-state index in [1.165, 1.54) is 34.1 Å². The zero-order chi connectivity index (χ0) is 22.1. The number of nitrogens with zero attached hydrogens (tertiary/aromatic N) is 2. The molecule has 0 bridgehead atoms. The van der Waals surface area contributed by atoms with Crippen molar-refractivity contribution < 1.29 is 9.84 Å². The molecule has 2 aromatic carbocycles. The van der Waals surface area contributed by atoms with E-state index in [-0.39, 0.29) is 0 Å². The number of H-pyrrole nitrogens is 1. The van der Waals surface area contributed by atoms with Gasteiger partial charge in [-0.15, -0.1) is 0 Å². The average molecular weight is 454 g/mol. The quantitative estimate of drug-likeness (QED) is 0.585. The van der Waals surface area contributed by atoms with E-state index >= 15 is 0 Å². The number of β-amino-alcohol motifs (C(OH)–C–C–N with tert-alkyl or cyclic N) is 1. The number of hydrogen-bond donors (Lipinski definition) is 2. The van der Waals surface area contributed by atoms with Crippen LogP contribution in [0.4, 0.5) is 0 Å². The number of aryl methyl sites for hydroxylation is 1. The molecule has 2 heterocycles. The van der Waals surface area contributed by atoms with Crippen LogP contribution in [0.3, 0.4) is 0 Å². The van der Waals surface area contributed by atoms with Crippen molar-refractivity contribution >= 4 is 22.5 Å². The minimum Gasteiger partial charge on any atom is -0.491 e. The second-order valence-corrected chi connectivity index (χ2v) is 9.73. The minimum atomic E-state index is -0.475. The number of piperazine rings is 1. The van der Waals surface area contributed by atoms with Crippen LogP contribution in [0.25, 0.3) is 10.9 Å². The molecule has 5 rings (SSSR count). The van der Waals surface area contributed by atoms with E-state index in [0.29, 0.717) is 19.1 Å². The topological polar surface area (TPSA) is 51.7 Å². The number of likely N-dealkylation sites (N-methyl/N-ethyl adjacent to an activating group) is 1. The Morgan fingerprint density at radius 1 is 1.12 bits per heavy atom. The van der Waals surface area contributed by atoms with Gasteiger partial charge in [-0.1, -0.05) is 23.7 Å². The number of aromatic nitrogens is 1. The van der Waals surface area contributed by atoms with Gasteiger partial charge in [-0.3, -0.25) is 4.90 Å². The Kier molecular flexibility index (Phi) is 6.42. The van der Waals surface area contributed by atoms with Gasteiger partial charge in [0.2, 0.25) is 0 Å². The zero-order valence-corrected chi connectivity index (χ0v) is 19.4. The highest BCUT2D eigenvalue weighted by atomic mass is 35.5. The molecule has 1 saturated heterocycles. The fraction of sp³-hybridized carbons (Fsp3) is 0.462. The summed E-state index contributed by atoms with van der Waals surface area (Å²) in [7, 11) is 2.14. The molecule has 0 spiro atoms. The average Bonchev–Trinajstić information content (AvgIpc) is 3.18. The Morgan fingerprint density at radius 3 is 2.69 bits per heavy atom. The fourth-order valence-corrected chi connectivity index (χ4v) is 5.31. The monoisotopic (exact) mass is 453 g/mol. The highest BCUT2D eigenvalue weighted by molar-refractivity contribution is 6.31. The molecule has 0 saturated carbocycles. The predicted octanol–water partition coefficient (Wildman–Crippen LogP) is 4.28. The lowest BCUT2D eigenvalue weighted by atomic mass is 9.82. The van der Waals surface area contributed by atoms with Crippen LogP contribution >= 0.6 is 11.6 Å². The van der Waals surface area contributed by atoms with E-state index in [2.05, 4.69) is 46.1 Å². The van der Waals surface area contributed by atoms with Crippen molar-refractivity contribution in [3.63, 3.8) is 0 Å². The molecule has 6 heteroatoms. The lowest BCUT2D eigenvalue weighted by molar-refractivity contribution is 0.0505. The van der Waals surface area contributed by atoms with Gasteiger partial charge in [0.25, 0.3) is 0 Å². The van der Waals surface area contributed by atoms with Crippen LogP contribution in [0.1, 0.15) is 35.6 Å². The molecule has 2 atom stereocenters. The van der Waals surface area contributed by atoms with Crippen molar-refractivity contribution in [1.29, 1.82) is 0 Å². The number of halogens is 1. The molecule has 1 fully saturated rings. The maximum atomic E-state index is 10.4. The molecule has 170 valence electrons. The molecule has 1 aliphatic carbocycles. The maximum Gasteiger partial charge on any atom is 0.119 e. The molecule has 32 heavy (non-hydrogen) atoms. The summed E-state index contributed by atoms with van der Waals surface area (Å²) in [5.74, 6) is 1.17. The standard InChI is InChI=1S/C26H32ClN3O2/c1-29-11-13-30(14-12-29)16-20(31)17-32-21-8-5-18(6-9-21)22-3-2-4-23-24-15-19(27)7-10-25(24)28-26(22)23/h5-10,15,20,22,28,31H,2-4,11-14,16-17H2,1H3. The van der Waals surface area contributed by atoms with Crippen LogP contribution in [-0.2, 0) is 6.42 Å². The van der Waals surface area contributed by atoms with Crippen molar-refractivity contribution in [3.05, 3.63) is 64.3 Å². The van der Waals surface area contributed by atoms with Crippen molar-refractivity contribution in [2.75, 3.05) is 46.4 Å². The first-order valence-corrected chi connectivity index (χ1v) is 12.1. The van der Waals surface area contributed by atoms with Gasteiger partial charge in [0.15, 0.2) is 0 Å². The van der Waals surface area contributed by atoms with Gasteiger partial charge in [0.1, 0.15) is 18.5 Å². The summed E-state index contributed by atoms with van der Waals surface area (Å²) in [5.41, 5.74) is 5.20. The number of fused-ring (bicyclic) bond motifs is 3. The summed E-state index contributed by atoms with van der Waals surface area (Å²) >= 11 is 6.25. The Morgan fingerprint density at radius 2 is 1.91 bits per heavy atom. The number of aliphatic hydroxyl groups excluding tert-OH is 1. The Hall–Kier alpha value is -2.05. The number of hydrogen-bond acceptors (Lipinski definition) is 4. The van der Waals surface area contributed by atoms with Gasteiger partial charge < -0.3 is 19.7 Å². The maximum absolute atomic E-state index is 10.4. The second kappa shape index (κ2) is 9.44. The van der Waals surface area contributed by atoms with Crippen molar-refractivity contribution in [3.8, 4) is 5.75 Å². The SMILES string of the molecule is CN1CCN(CC(O)COc2ccc(C3CCCc4c3[nH]c3ccc(Cl)cc43)cc2)CC1. The summed E-state index contributed by atoms with van der Waals surface area (Å²) in [6.45, 7) is 5.11. The number of aliphatic hydroxyl groups is 1. The Balaban J connectivity index is 1.22. The van der Waals surface area contributed by atoms with E-state index in [1.807, 2.05) is 18.2 Å². The van der Waals surface area contributed by atoms with E-state index in [0.717, 1.165) is 49.8 Å². The van der Waals surface area contributed by atoms with Crippen LogP contribution in [0.2, 0.25) is 5.02 Å². The van der Waals surface area contributed by atoms with Gasteiger partial charge in [0, 0.05) is 60.3 Å². The third-order valence-electron chi connectivity index (χ3n) is 6.96. The highest BCUT2D eigenvalue weighted by Crippen LogP contribution is 2.40. The molecule has 1 aliphatic heterocycles. The molecule has 0 radical (unpaired) electrons. The third-order valence-corrected chi connectivity index (χ3v) is 7.19. The van der Waals surface area contributed by atoms with Gasteiger partial charge in [0.05, 0.1) is 0 Å². The fourth-order valence-electron chi connectivity index (χ4n) is 5.14. The number of nitrogens with one attached hydrogen (secondary N) is 1. The van der Waals surface area contributed by atoms with Crippen molar-refractivity contribution in [1.82, 2.24) is 14.8 Å². The van der Waals surface area contributed by atoms with E-state index in [4.69, 9.17) is 16.3 Å². The molecule has 2 aliphatic rings. The Bertz CT molecular complexity index is 1060. The molecule has 3 aromatic rings. The Labute approximate surface area is 194 Å². The van der Waals surface area contributed by atoms with Crippen molar-refractivity contribution in [2.45, 2.75) is 31.3 Å². The first-order chi connectivity index (χ1) is 15.6. The van der Waals surface area contributed by atoms with Gasteiger partial charge >= 0.3 is 0 Å². The number of aromatic amines is 1. The lowest BCUT2D eigenvalue weighted by Crippen LogP contribution is -2.47. The normalized spacial score (nSPS) is 20.9. The second-order valence-electron chi connectivity index (χ2n) is 9.29. The summed E-state index contributed by atoms with van der Waals surface area (Å²) in [5, 5.41) is 12.4. The van der Waals surface area contributed by atoms with Crippen molar-refractivity contribution in [2.24, 2.45) is 0 Å². The first-order valence-electron chi connectivity index (χ1n) is 11.7. The smallest absolute Gasteiger partial charge is 0.119 e. The van der Waals surface area contributed by atoms with Gasteiger partial charge in [-0.05, 0) is 67.8 Å². The zero-order valence-electron chi connectivity index (χ0n) is 18.7. The van der Waals surface area contributed by atoms with Crippen LogP contribution in [0.15, 0.2) is 42.5 Å². The number of rotatable bonds is 6. The van der Waals surface area contributed by atoms with Crippen LogP contribution in [0.5, 0.6) is 5.75 Å². The third kappa shape index (κ3) is 4.67. The molecular weight excluding hydrogens is 422 g/mol.